The Morgan fingerprint density at radius 1 is 1.22 bits per heavy atom. The molecule has 2 aromatic carbocycles. The van der Waals surface area contributed by atoms with Crippen LogP contribution >= 0.6 is 11.6 Å². The fourth-order valence-corrected chi connectivity index (χ4v) is 3.10. The molecule has 6 nitrogen and oxygen atoms in total. The number of rotatable bonds is 5. The van der Waals surface area contributed by atoms with Gasteiger partial charge in [-0.3, -0.25) is 14.4 Å². The quantitative estimate of drug-likeness (QED) is 0.801. The molecule has 0 bridgehead atoms. The lowest BCUT2D eigenvalue weighted by Gasteiger charge is -2.17. The number of aryl methyl sites for hydroxylation is 1. The molecule has 0 unspecified atom stereocenters. The van der Waals surface area contributed by atoms with Crippen molar-refractivity contribution in [2.45, 2.75) is 13.3 Å². The van der Waals surface area contributed by atoms with Crippen molar-refractivity contribution in [3.05, 3.63) is 59.1 Å². The molecule has 2 amide bonds. The molecule has 7 heteroatoms. The zero-order chi connectivity index (χ0) is 19.4. The number of carbonyl (C=O) groups is 3. The zero-order valence-corrected chi connectivity index (χ0v) is 15.5. The number of anilines is 2. The number of nitrogens with one attached hydrogen (secondary N) is 1. The first-order valence-corrected chi connectivity index (χ1v) is 8.90. The molecule has 0 spiro atoms. The molecule has 140 valence electrons. The predicted octanol–water partition coefficient (Wildman–Crippen LogP) is 3.18. The minimum Gasteiger partial charge on any atom is -0.455 e. The summed E-state index contributed by atoms with van der Waals surface area (Å²) in [5, 5.41) is 2.98. The summed E-state index contributed by atoms with van der Waals surface area (Å²) in [7, 11) is 0. The van der Waals surface area contributed by atoms with Crippen LogP contribution in [0.15, 0.2) is 48.5 Å². The number of benzene rings is 2. The van der Waals surface area contributed by atoms with Gasteiger partial charge in [-0.05, 0) is 36.8 Å². The van der Waals surface area contributed by atoms with Crippen LogP contribution in [-0.2, 0) is 19.1 Å². The van der Waals surface area contributed by atoms with Crippen LogP contribution in [0, 0.1) is 12.8 Å². The maximum atomic E-state index is 12.3. The van der Waals surface area contributed by atoms with E-state index in [1.165, 1.54) is 0 Å². The highest BCUT2D eigenvalue weighted by atomic mass is 35.5. The van der Waals surface area contributed by atoms with E-state index >= 15 is 0 Å². The van der Waals surface area contributed by atoms with Crippen LogP contribution in [0.3, 0.4) is 0 Å². The molecule has 1 heterocycles. The summed E-state index contributed by atoms with van der Waals surface area (Å²) in [6.07, 6.45) is 0.0684. The summed E-state index contributed by atoms with van der Waals surface area (Å²) >= 11 is 5.97. The molecular formula is C20H19ClN2O4. The summed E-state index contributed by atoms with van der Waals surface area (Å²) in [5.41, 5.74) is 2.23. The molecule has 0 aliphatic carbocycles. The molecule has 1 fully saturated rings. The fraction of sp³-hybridized carbons (Fsp3) is 0.250. The van der Waals surface area contributed by atoms with Gasteiger partial charge in [0.15, 0.2) is 6.61 Å². The Labute approximate surface area is 162 Å². The van der Waals surface area contributed by atoms with Gasteiger partial charge >= 0.3 is 5.97 Å². The number of amides is 2. The molecule has 3 rings (SSSR count). The minimum atomic E-state index is -0.592. The van der Waals surface area contributed by atoms with Crippen molar-refractivity contribution in [2.24, 2.45) is 5.92 Å². The third-order valence-electron chi connectivity index (χ3n) is 4.27. The van der Waals surface area contributed by atoms with Crippen molar-refractivity contribution in [1.29, 1.82) is 0 Å². The van der Waals surface area contributed by atoms with E-state index in [1.807, 2.05) is 31.2 Å². The topological polar surface area (TPSA) is 75.7 Å². The Hall–Kier alpha value is -2.86. The average Bonchev–Trinajstić information content (AvgIpc) is 3.03. The number of hydrogen-bond acceptors (Lipinski definition) is 4. The van der Waals surface area contributed by atoms with Crippen molar-refractivity contribution < 1.29 is 19.1 Å². The minimum absolute atomic E-state index is 0.0684. The smallest absolute Gasteiger partial charge is 0.311 e. The largest absolute Gasteiger partial charge is 0.455 e. The number of ether oxygens (including phenoxy) is 1. The Kier molecular flexibility index (Phi) is 5.76. The number of hydrogen-bond donors (Lipinski definition) is 1. The molecule has 1 aliphatic rings. The van der Waals surface area contributed by atoms with Crippen LogP contribution in [-0.4, -0.2) is 30.9 Å². The lowest BCUT2D eigenvalue weighted by molar-refractivity contribution is -0.151. The molecule has 1 atom stereocenters. The van der Waals surface area contributed by atoms with Crippen molar-refractivity contribution in [1.82, 2.24) is 0 Å². The van der Waals surface area contributed by atoms with Crippen LogP contribution in [0.5, 0.6) is 0 Å². The summed E-state index contributed by atoms with van der Waals surface area (Å²) in [5.74, 6) is -1.78. The summed E-state index contributed by atoms with van der Waals surface area (Å²) in [6.45, 7) is 1.75. The first-order chi connectivity index (χ1) is 12.9. The number of esters is 1. The third-order valence-corrected chi connectivity index (χ3v) is 4.59. The van der Waals surface area contributed by atoms with Gasteiger partial charge in [-0.15, -0.1) is 0 Å². The number of carbonyl (C=O) groups excluding carboxylic acids is 3. The lowest BCUT2D eigenvalue weighted by Crippen LogP contribution is -2.28. The molecule has 0 aromatic heterocycles. The monoisotopic (exact) mass is 386 g/mol. The SMILES string of the molecule is Cc1cccc(N2C[C@@H](C(=O)OCC(=O)Nc3ccccc3Cl)CC2=O)c1. The number of nitrogens with zero attached hydrogens (tertiary/aromatic N) is 1. The molecule has 2 aromatic rings. The Morgan fingerprint density at radius 3 is 2.74 bits per heavy atom. The Bertz CT molecular complexity index is 884. The van der Waals surface area contributed by atoms with Gasteiger partial charge in [0, 0.05) is 18.7 Å². The molecule has 1 saturated heterocycles. The van der Waals surface area contributed by atoms with Crippen molar-refractivity contribution in [3.63, 3.8) is 0 Å². The molecule has 0 saturated carbocycles. The molecule has 1 N–H and O–H groups in total. The van der Waals surface area contributed by atoms with Crippen molar-refractivity contribution >= 4 is 40.8 Å². The Balaban J connectivity index is 1.53. The second-order valence-corrected chi connectivity index (χ2v) is 6.79. The highest BCUT2D eigenvalue weighted by Crippen LogP contribution is 2.26. The van der Waals surface area contributed by atoms with Gasteiger partial charge in [0.1, 0.15) is 0 Å². The predicted molar refractivity (Wildman–Crippen MR) is 103 cm³/mol. The summed E-state index contributed by atoms with van der Waals surface area (Å²) in [6, 6.07) is 14.3. The first-order valence-electron chi connectivity index (χ1n) is 8.52. The van der Waals surface area contributed by atoms with E-state index in [0.29, 0.717) is 10.7 Å². The van der Waals surface area contributed by atoms with Gasteiger partial charge in [0.05, 0.1) is 16.6 Å². The van der Waals surface area contributed by atoms with E-state index in [-0.39, 0.29) is 18.9 Å². The summed E-state index contributed by atoms with van der Waals surface area (Å²) < 4.78 is 5.08. The molecular weight excluding hydrogens is 368 g/mol. The van der Waals surface area contributed by atoms with E-state index in [0.717, 1.165) is 11.3 Å². The van der Waals surface area contributed by atoms with Crippen LogP contribution in [0.1, 0.15) is 12.0 Å². The van der Waals surface area contributed by atoms with Gasteiger partial charge in [0.25, 0.3) is 5.91 Å². The molecule has 27 heavy (non-hydrogen) atoms. The summed E-state index contributed by atoms with van der Waals surface area (Å²) in [4.78, 5) is 38.0. The van der Waals surface area contributed by atoms with Crippen LogP contribution in [0.4, 0.5) is 11.4 Å². The zero-order valence-electron chi connectivity index (χ0n) is 14.8. The van der Waals surface area contributed by atoms with Gasteiger partial charge in [0.2, 0.25) is 5.91 Å². The van der Waals surface area contributed by atoms with Crippen LogP contribution in [0.2, 0.25) is 5.02 Å². The second-order valence-electron chi connectivity index (χ2n) is 6.38. The van der Waals surface area contributed by atoms with E-state index in [2.05, 4.69) is 5.32 Å². The Morgan fingerprint density at radius 2 is 2.00 bits per heavy atom. The molecule has 1 aliphatic heterocycles. The van der Waals surface area contributed by atoms with Gasteiger partial charge in [-0.25, -0.2) is 0 Å². The fourth-order valence-electron chi connectivity index (χ4n) is 2.91. The standard InChI is InChI=1S/C20H19ClN2O4/c1-13-5-4-6-15(9-13)23-11-14(10-19(23)25)20(26)27-12-18(24)22-17-8-3-2-7-16(17)21/h2-9,14H,10-12H2,1H3,(H,22,24)/t14-/m0/s1. The number of para-hydroxylation sites is 1. The van der Waals surface area contributed by atoms with E-state index in [4.69, 9.17) is 16.3 Å². The highest BCUT2D eigenvalue weighted by Gasteiger charge is 2.36. The van der Waals surface area contributed by atoms with E-state index in [9.17, 15) is 14.4 Å². The lowest BCUT2D eigenvalue weighted by atomic mass is 10.1. The van der Waals surface area contributed by atoms with E-state index in [1.54, 1.807) is 29.2 Å². The molecule has 0 radical (unpaired) electrons. The van der Waals surface area contributed by atoms with Gasteiger partial charge in [-0.1, -0.05) is 35.9 Å². The van der Waals surface area contributed by atoms with Crippen LogP contribution < -0.4 is 10.2 Å². The third kappa shape index (κ3) is 4.65. The normalized spacial score (nSPS) is 16.3. The van der Waals surface area contributed by atoms with Crippen molar-refractivity contribution in [2.75, 3.05) is 23.4 Å². The maximum absolute atomic E-state index is 12.3. The van der Waals surface area contributed by atoms with Crippen LogP contribution in [0.25, 0.3) is 0 Å². The number of halogens is 1. The van der Waals surface area contributed by atoms with E-state index < -0.39 is 24.4 Å². The average molecular weight is 387 g/mol. The first kappa shape index (κ1) is 18.9. The van der Waals surface area contributed by atoms with Gasteiger partial charge < -0.3 is 15.0 Å². The highest BCUT2D eigenvalue weighted by molar-refractivity contribution is 6.33. The maximum Gasteiger partial charge on any atom is 0.311 e. The van der Waals surface area contributed by atoms with Gasteiger partial charge in [-0.2, -0.15) is 0 Å². The second kappa shape index (κ2) is 8.22. The van der Waals surface area contributed by atoms with Crippen molar-refractivity contribution in [3.8, 4) is 0 Å².